The first-order valence-electron chi connectivity index (χ1n) is 6.59. The van der Waals surface area contributed by atoms with Gasteiger partial charge in [-0.15, -0.1) is 22.7 Å². The fourth-order valence-corrected chi connectivity index (χ4v) is 3.79. The molecule has 0 aliphatic heterocycles. The van der Waals surface area contributed by atoms with Crippen molar-refractivity contribution in [3.8, 4) is 0 Å². The summed E-state index contributed by atoms with van der Waals surface area (Å²) in [4.78, 5) is 13.0. The molecule has 4 heteroatoms. The van der Waals surface area contributed by atoms with E-state index in [1.54, 1.807) is 22.7 Å². The molecule has 0 bridgehead atoms. The van der Waals surface area contributed by atoms with Gasteiger partial charge in [-0.1, -0.05) is 24.3 Å². The molecule has 0 saturated carbocycles. The van der Waals surface area contributed by atoms with Crippen molar-refractivity contribution in [2.24, 2.45) is 0 Å². The molecule has 0 amide bonds. The molecule has 3 aromatic rings. The molecular formula is C17H14O2S2. The molecule has 0 unspecified atom stereocenters. The summed E-state index contributed by atoms with van der Waals surface area (Å²) in [5, 5.41) is 3.46. The van der Waals surface area contributed by atoms with Gasteiger partial charge in [0.25, 0.3) is 0 Å². The summed E-state index contributed by atoms with van der Waals surface area (Å²) >= 11 is 3.40. The van der Waals surface area contributed by atoms with E-state index in [2.05, 4.69) is 47.9 Å². The lowest BCUT2D eigenvalue weighted by atomic mass is 10.1. The Morgan fingerprint density at radius 1 is 1.19 bits per heavy atom. The van der Waals surface area contributed by atoms with Crippen LogP contribution in [0.15, 0.2) is 41.8 Å². The molecule has 21 heavy (non-hydrogen) atoms. The van der Waals surface area contributed by atoms with Crippen LogP contribution in [0.5, 0.6) is 0 Å². The summed E-state index contributed by atoms with van der Waals surface area (Å²) < 4.78 is 6.30. The third-order valence-corrected chi connectivity index (χ3v) is 5.04. The Labute approximate surface area is 131 Å². The molecule has 0 aliphatic carbocycles. The minimum Gasteiger partial charge on any atom is -0.460 e. The Bertz CT molecular complexity index is 796. The Balaban J connectivity index is 1.75. The number of carbonyl (C=O) groups excluding carboxylic acids is 1. The van der Waals surface area contributed by atoms with Gasteiger partial charge < -0.3 is 4.74 Å². The summed E-state index contributed by atoms with van der Waals surface area (Å²) in [5.74, 6) is -0.245. The van der Waals surface area contributed by atoms with Crippen molar-refractivity contribution in [2.45, 2.75) is 13.5 Å². The van der Waals surface area contributed by atoms with Crippen molar-refractivity contribution >= 4 is 50.9 Å². The number of hydrogen-bond donors (Lipinski definition) is 0. The van der Waals surface area contributed by atoms with E-state index < -0.39 is 0 Å². The molecule has 2 heterocycles. The number of thiophene rings is 2. The van der Waals surface area contributed by atoms with E-state index in [1.807, 2.05) is 6.07 Å². The number of fused-ring (bicyclic) bond motifs is 1. The Morgan fingerprint density at radius 3 is 2.90 bits per heavy atom. The molecule has 0 atom stereocenters. The number of benzene rings is 1. The summed E-state index contributed by atoms with van der Waals surface area (Å²) in [7, 11) is 0. The standard InChI is InChI=1S/C17H14O2S2/c1-12(18)19-10-15-9-8-14(21-15)7-6-13-11-20-17-5-3-2-4-16(13)17/h2-9,11H,10H2,1H3/b7-6+. The monoisotopic (exact) mass is 314 g/mol. The average Bonchev–Trinajstić information content (AvgIpc) is 3.10. The number of rotatable bonds is 4. The van der Waals surface area contributed by atoms with Crippen LogP contribution in [-0.2, 0) is 16.1 Å². The van der Waals surface area contributed by atoms with Crippen molar-refractivity contribution in [1.29, 1.82) is 0 Å². The number of ether oxygens (including phenoxy) is 1. The minimum absolute atomic E-state index is 0.245. The van der Waals surface area contributed by atoms with E-state index >= 15 is 0 Å². The van der Waals surface area contributed by atoms with Crippen LogP contribution in [0.25, 0.3) is 22.2 Å². The third-order valence-electron chi connectivity index (χ3n) is 3.04. The van der Waals surface area contributed by atoms with Gasteiger partial charge in [0.2, 0.25) is 0 Å². The number of hydrogen-bond acceptors (Lipinski definition) is 4. The maximum Gasteiger partial charge on any atom is 0.302 e. The normalized spacial score (nSPS) is 11.3. The largest absolute Gasteiger partial charge is 0.460 e. The van der Waals surface area contributed by atoms with Crippen molar-refractivity contribution < 1.29 is 9.53 Å². The van der Waals surface area contributed by atoms with Crippen LogP contribution in [0.3, 0.4) is 0 Å². The molecule has 0 saturated heterocycles. The number of carbonyl (C=O) groups is 1. The first-order valence-corrected chi connectivity index (χ1v) is 8.28. The summed E-state index contributed by atoms with van der Waals surface area (Å²) in [6.45, 7) is 1.78. The lowest BCUT2D eigenvalue weighted by Crippen LogP contribution is -1.96. The highest BCUT2D eigenvalue weighted by molar-refractivity contribution is 7.17. The van der Waals surface area contributed by atoms with Gasteiger partial charge in [-0.25, -0.2) is 0 Å². The molecule has 0 radical (unpaired) electrons. The van der Waals surface area contributed by atoms with Gasteiger partial charge >= 0.3 is 5.97 Å². The zero-order chi connectivity index (χ0) is 14.7. The number of esters is 1. The van der Waals surface area contributed by atoms with Crippen LogP contribution in [0.4, 0.5) is 0 Å². The highest BCUT2D eigenvalue weighted by Gasteiger charge is 2.02. The van der Waals surface area contributed by atoms with E-state index in [0.29, 0.717) is 6.61 Å². The maximum absolute atomic E-state index is 10.8. The molecule has 0 spiro atoms. The van der Waals surface area contributed by atoms with Gasteiger partial charge in [-0.2, -0.15) is 0 Å². The van der Waals surface area contributed by atoms with Gasteiger partial charge in [0, 0.05) is 21.4 Å². The summed E-state index contributed by atoms with van der Waals surface area (Å²) in [6.07, 6.45) is 4.25. The average molecular weight is 314 g/mol. The van der Waals surface area contributed by atoms with Gasteiger partial charge in [-0.3, -0.25) is 4.79 Å². The lowest BCUT2D eigenvalue weighted by molar-refractivity contribution is -0.142. The van der Waals surface area contributed by atoms with Crippen LogP contribution in [-0.4, -0.2) is 5.97 Å². The Hall–Kier alpha value is -1.91. The predicted octanol–water partition coefficient (Wildman–Crippen LogP) is 5.20. The highest BCUT2D eigenvalue weighted by atomic mass is 32.1. The second-order valence-electron chi connectivity index (χ2n) is 4.60. The Kier molecular flexibility index (Phi) is 4.18. The second kappa shape index (κ2) is 6.24. The molecule has 0 aliphatic rings. The lowest BCUT2D eigenvalue weighted by Gasteiger charge is -1.96. The quantitative estimate of drug-likeness (QED) is 0.619. The summed E-state index contributed by atoms with van der Waals surface area (Å²) in [5.41, 5.74) is 1.24. The van der Waals surface area contributed by atoms with E-state index in [9.17, 15) is 4.79 Å². The van der Waals surface area contributed by atoms with Crippen LogP contribution in [0, 0.1) is 0 Å². The molecule has 2 nitrogen and oxygen atoms in total. The molecule has 1 aromatic carbocycles. The second-order valence-corrected chi connectivity index (χ2v) is 6.72. The van der Waals surface area contributed by atoms with E-state index in [4.69, 9.17) is 4.74 Å². The van der Waals surface area contributed by atoms with Crippen LogP contribution in [0.1, 0.15) is 22.2 Å². The van der Waals surface area contributed by atoms with E-state index in [0.717, 1.165) is 9.75 Å². The topological polar surface area (TPSA) is 26.3 Å². The Morgan fingerprint density at radius 2 is 2.05 bits per heavy atom. The highest BCUT2D eigenvalue weighted by Crippen LogP contribution is 2.28. The maximum atomic E-state index is 10.8. The third kappa shape index (κ3) is 3.40. The zero-order valence-corrected chi connectivity index (χ0v) is 13.2. The first-order chi connectivity index (χ1) is 10.2. The van der Waals surface area contributed by atoms with E-state index in [1.165, 1.54) is 22.6 Å². The van der Waals surface area contributed by atoms with Crippen LogP contribution in [0.2, 0.25) is 0 Å². The van der Waals surface area contributed by atoms with Gasteiger partial charge in [0.05, 0.1) is 0 Å². The molecule has 3 rings (SSSR count). The molecule has 0 fully saturated rings. The molecular weight excluding hydrogens is 300 g/mol. The van der Waals surface area contributed by atoms with Crippen molar-refractivity contribution in [3.63, 3.8) is 0 Å². The van der Waals surface area contributed by atoms with Crippen LogP contribution >= 0.6 is 22.7 Å². The minimum atomic E-state index is -0.245. The smallest absolute Gasteiger partial charge is 0.302 e. The molecule has 0 N–H and O–H groups in total. The van der Waals surface area contributed by atoms with E-state index in [-0.39, 0.29) is 5.97 Å². The SMILES string of the molecule is CC(=O)OCc1ccc(/C=C/c2csc3ccccc23)s1. The van der Waals surface area contributed by atoms with Gasteiger partial charge in [0.15, 0.2) is 0 Å². The van der Waals surface area contributed by atoms with Gasteiger partial charge in [-0.05, 0) is 40.6 Å². The van der Waals surface area contributed by atoms with Crippen LogP contribution < -0.4 is 0 Å². The molecule has 106 valence electrons. The predicted molar refractivity (Wildman–Crippen MR) is 90.5 cm³/mol. The fraction of sp³-hybridized carbons (Fsp3) is 0.118. The first kappa shape index (κ1) is 14.0. The van der Waals surface area contributed by atoms with Crippen molar-refractivity contribution in [3.05, 3.63) is 57.1 Å². The zero-order valence-electron chi connectivity index (χ0n) is 11.5. The molecule has 2 aromatic heterocycles. The van der Waals surface area contributed by atoms with Crippen molar-refractivity contribution in [1.82, 2.24) is 0 Å². The fourth-order valence-electron chi connectivity index (χ4n) is 2.03. The van der Waals surface area contributed by atoms with Crippen molar-refractivity contribution in [2.75, 3.05) is 0 Å². The summed E-state index contributed by atoms with van der Waals surface area (Å²) in [6, 6.07) is 12.5. The van der Waals surface area contributed by atoms with Gasteiger partial charge in [0.1, 0.15) is 6.61 Å².